The molecule has 1 aromatic heterocycles. The van der Waals surface area contributed by atoms with Crippen LogP contribution in [0.4, 0.5) is 18.9 Å². The van der Waals surface area contributed by atoms with Gasteiger partial charge in [0.15, 0.2) is 11.7 Å². The highest BCUT2D eigenvalue weighted by Crippen LogP contribution is 2.31. The SMILES string of the molecule is CN=C(NCCc1nc(C(F)(F)F)cs1)NCCN1c2ccccc2CC1C.I. The number of aromatic nitrogens is 1. The Hall–Kier alpha value is -1.56. The Morgan fingerprint density at radius 3 is 2.69 bits per heavy atom. The minimum absolute atomic E-state index is 0. The molecule has 5 nitrogen and oxygen atoms in total. The van der Waals surface area contributed by atoms with Gasteiger partial charge in [0.1, 0.15) is 0 Å². The molecule has 2 aromatic rings. The molecule has 0 spiro atoms. The van der Waals surface area contributed by atoms with Gasteiger partial charge in [-0.15, -0.1) is 35.3 Å². The molecular formula is C19H25F3IN5S. The van der Waals surface area contributed by atoms with E-state index >= 15 is 0 Å². The Morgan fingerprint density at radius 2 is 2.00 bits per heavy atom. The summed E-state index contributed by atoms with van der Waals surface area (Å²) in [5.41, 5.74) is 1.83. The number of anilines is 1. The lowest BCUT2D eigenvalue weighted by atomic mass is 10.1. The Kier molecular flexibility index (Phi) is 8.56. The average molecular weight is 539 g/mol. The molecule has 0 saturated heterocycles. The first kappa shape index (κ1) is 23.7. The lowest BCUT2D eigenvalue weighted by Crippen LogP contribution is -2.43. The number of benzene rings is 1. The smallest absolute Gasteiger partial charge is 0.367 e. The molecule has 0 amide bonds. The Balaban J connectivity index is 0.00000300. The lowest BCUT2D eigenvalue weighted by Gasteiger charge is -2.25. The first-order chi connectivity index (χ1) is 13.4. The van der Waals surface area contributed by atoms with E-state index in [0.29, 0.717) is 36.5 Å². The Bertz CT molecular complexity index is 824. The summed E-state index contributed by atoms with van der Waals surface area (Å²) in [5, 5.41) is 7.90. The zero-order chi connectivity index (χ0) is 20.1. The third-order valence-electron chi connectivity index (χ3n) is 4.69. The third kappa shape index (κ3) is 6.21. The van der Waals surface area contributed by atoms with E-state index in [1.165, 1.54) is 11.3 Å². The quantitative estimate of drug-likeness (QED) is 0.332. The second kappa shape index (κ2) is 10.5. The zero-order valence-electron chi connectivity index (χ0n) is 16.3. The van der Waals surface area contributed by atoms with E-state index in [9.17, 15) is 13.2 Å². The highest BCUT2D eigenvalue weighted by molar-refractivity contribution is 14.0. The fourth-order valence-corrected chi connectivity index (χ4v) is 4.13. The number of aliphatic imine (C=N–C) groups is 1. The predicted octanol–water partition coefficient (Wildman–Crippen LogP) is 3.94. The maximum Gasteiger partial charge on any atom is 0.434 e. The van der Waals surface area contributed by atoms with Crippen LogP contribution in [-0.2, 0) is 19.0 Å². The number of thiazole rings is 1. The number of hydrogen-bond acceptors (Lipinski definition) is 4. The van der Waals surface area contributed by atoms with Crippen molar-refractivity contribution < 1.29 is 13.2 Å². The number of alkyl halides is 3. The van der Waals surface area contributed by atoms with Crippen LogP contribution in [0.5, 0.6) is 0 Å². The first-order valence-electron chi connectivity index (χ1n) is 9.19. The molecule has 0 aliphatic carbocycles. The van der Waals surface area contributed by atoms with Crippen molar-refractivity contribution in [2.75, 3.05) is 31.6 Å². The van der Waals surface area contributed by atoms with Crippen LogP contribution in [-0.4, -0.2) is 43.7 Å². The minimum atomic E-state index is -4.38. The van der Waals surface area contributed by atoms with Crippen molar-refractivity contribution in [3.8, 4) is 0 Å². The summed E-state index contributed by atoms with van der Waals surface area (Å²) in [7, 11) is 1.67. The number of fused-ring (bicyclic) bond motifs is 1. The molecular weight excluding hydrogens is 514 g/mol. The van der Waals surface area contributed by atoms with Crippen LogP contribution < -0.4 is 15.5 Å². The first-order valence-corrected chi connectivity index (χ1v) is 10.1. The molecule has 0 bridgehead atoms. The molecule has 1 unspecified atom stereocenters. The van der Waals surface area contributed by atoms with Gasteiger partial charge in [0.05, 0.1) is 5.01 Å². The highest BCUT2D eigenvalue weighted by Gasteiger charge is 2.33. The fraction of sp³-hybridized carbons (Fsp3) is 0.474. The molecule has 160 valence electrons. The monoisotopic (exact) mass is 539 g/mol. The van der Waals surface area contributed by atoms with E-state index in [1.54, 1.807) is 7.05 Å². The molecule has 1 aliphatic rings. The van der Waals surface area contributed by atoms with Crippen LogP contribution in [0.1, 0.15) is 23.2 Å². The topological polar surface area (TPSA) is 52.6 Å². The molecule has 0 saturated carbocycles. The Morgan fingerprint density at radius 1 is 1.28 bits per heavy atom. The molecule has 2 heterocycles. The van der Waals surface area contributed by atoms with Gasteiger partial charge < -0.3 is 15.5 Å². The van der Waals surface area contributed by atoms with Gasteiger partial charge in [-0.2, -0.15) is 13.2 Å². The number of nitrogens with one attached hydrogen (secondary N) is 2. The standard InChI is InChI=1S/C19H24F3N5S.HI/c1-13-11-14-5-3-4-6-15(14)27(13)10-9-25-18(23-2)24-8-7-17-26-16(12-28-17)19(20,21)22;/h3-6,12-13H,7-11H2,1-2H3,(H2,23,24,25);1H. The summed E-state index contributed by atoms with van der Waals surface area (Å²) in [5.74, 6) is 0.632. The molecule has 29 heavy (non-hydrogen) atoms. The van der Waals surface area contributed by atoms with Crippen molar-refractivity contribution in [1.82, 2.24) is 15.6 Å². The maximum atomic E-state index is 12.6. The van der Waals surface area contributed by atoms with E-state index in [2.05, 4.69) is 56.7 Å². The van der Waals surface area contributed by atoms with E-state index in [-0.39, 0.29) is 24.0 Å². The number of hydrogen-bond donors (Lipinski definition) is 2. The van der Waals surface area contributed by atoms with E-state index in [4.69, 9.17) is 0 Å². The van der Waals surface area contributed by atoms with Crippen molar-refractivity contribution in [2.45, 2.75) is 32.0 Å². The second-order valence-electron chi connectivity index (χ2n) is 6.68. The maximum absolute atomic E-state index is 12.6. The second-order valence-corrected chi connectivity index (χ2v) is 7.62. The lowest BCUT2D eigenvalue weighted by molar-refractivity contribution is -0.140. The summed E-state index contributed by atoms with van der Waals surface area (Å²) in [4.78, 5) is 10.2. The molecule has 1 atom stereocenters. The van der Waals surface area contributed by atoms with Crippen LogP contribution in [0, 0.1) is 0 Å². The molecule has 1 aromatic carbocycles. The van der Waals surface area contributed by atoms with Crippen molar-refractivity contribution in [3.05, 3.63) is 45.9 Å². The number of guanidine groups is 1. The van der Waals surface area contributed by atoms with Gasteiger partial charge in [0.25, 0.3) is 0 Å². The zero-order valence-corrected chi connectivity index (χ0v) is 19.4. The van der Waals surface area contributed by atoms with Crippen LogP contribution in [0.25, 0.3) is 0 Å². The summed E-state index contributed by atoms with van der Waals surface area (Å²) in [6.45, 7) is 4.25. The van der Waals surface area contributed by atoms with Gasteiger partial charge in [-0.25, -0.2) is 4.98 Å². The van der Waals surface area contributed by atoms with Crippen molar-refractivity contribution in [2.24, 2.45) is 4.99 Å². The van der Waals surface area contributed by atoms with Crippen molar-refractivity contribution in [1.29, 1.82) is 0 Å². The summed E-state index contributed by atoms with van der Waals surface area (Å²) in [6.07, 6.45) is -2.92. The van der Waals surface area contributed by atoms with E-state index < -0.39 is 11.9 Å². The number of rotatable bonds is 6. The van der Waals surface area contributed by atoms with Crippen LogP contribution in [0.2, 0.25) is 0 Å². The van der Waals surface area contributed by atoms with E-state index in [0.717, 1.165) is 29.7 Å². The van der Waals surface area contributed by atoms with Crippen LogP contribution in [0.3, 0.4) is 0 Å². The third-order valence-corrected chi connectivity index (χ3v) is 5.60. The van der Waals surface area contributed by atoms with Crippen LogP contribution in [0.15, 0.2) is 34.6 Å². The summed E-state index contributed by atoms with van der Waals surface area (Å²) >= 11 is 1.03. The molecule has 10 heteroatoms. The van der Waals surface area contributed by atoms with Gasteiger partial charge in [-0.3, -0.25) is 4.99 Å². The van der Waals surface area contributed by atoms with Gasteiger partial charge >= 0.3 is 6.18 Å². The number of nitrogens with zero attached hydrogens (tertiary/aromatic N) is 3. The fourth-order valence-electron chi connectivity index (χ4n) is 3.33. The van der Waals surface area contributed by atoms with Crippen molar-refractivity contribution in [3.63, 3.8) is 0 Å². The molecule has 3 rings (SSSR count). The number of para-hydroxylation sites is 1. The predicted molar refractivity (Wildman–Crippen MR) is 123 cm³/mol. The average Bonchev–Trinajstić information content (AvgIpc) is 3.25. The largest absolute Gasteiger partial charge is 0.434 e. The molecule has 2 N–H and O–H groups in total. The van der Waals surface area contributed by atoms with E-state index in [1.807, 2.05) is 0 Å². The van der Waals surface area contributed by atoms with Gasteiger partial charge in [0.2, 0.25) is 0 Å². The normalized spacial score (nSPS) is 16.4. The van der Waals surface area contributed by atoms with Crippen LogP contribution >= 0.6 is 35.3 Å². The summed E-state index contributed by atoms with van der Waals surface area (Å²) in [6, 6.07) is 8.90. The van der Waals surface area contributed by atoms with Gasteiger partial charge in [-0.1, -0.05) is 18.2 Å². The Labute approximate surface area is 189 Å². The van der Waals surface area contributed by atoms with Crippen molar-refractivity contribution >= 4 is 47.0 Å². The number of halogens is 4. The molecule has 0 radical (unpaired) electrons. The van der Waals surface area contributed by atoms with Gasteiger partial charge in [0, 0.05) is 50.2 Å². The molecule has 1 aliphatic heterocycles. The minimum Gasteiger partial charge on any atom is -0.367 e. The molecule has 0 fully saturated rings. The van der Waals surface area contributed by atoms with Gasteiger partial charge in [-0.05, 0) is 25.0 Å². The highest BCUT2D eigenvalue weighted by atomic mass is 127. The summed E-state index contributed by atoms with van der Waals surface area (Å²) < 4.78 is 37.8.